The predicted octanol–water partition coefficient (Wildman–Crippen LogP) is 4.90. The molecule has 0 saturated carbocycles. The predicted molar refractivity (Wildman–Crippen MR) is 86.7 cm³/mol. The number of halogens is 1. The number of rotatable bonds is 3. The van der Waals surface area contributed by atoms with Crippen LogP contribution < -0.4 is 0 Å². The van der Waals surface area contributed by atoms with Gasteiger partial charge in [0.05, 0.1) is 4.90 Å². The van der Waals surface area contributed by atoms with Crippen molar-refractivity contribution in [3.05, 3.63) is 39.7 Å². The van der Waals surface area contributed by atoms with E-state index in [1.165, 1.54) is 17.6 Å². The van der Waals surface area contributed by atoms with E-state index in [-0.39, 0.29) is 5.92 Å². The molecule has 1 aromatic heterocycles. The van der Waals surface area contributed by atoms with Crippen LogP contribution in [0.4, 0.5) is 0 Å². The van der Waals surface area contributed by atoms with Gasteiger partial charge in [-0.3, -0.25) is 0 Å². The fourth-order valence-electron chi connectivity index (χ4n) is 2.20. The van der Waals surface area contributed by atoms with Gasteiger partial charge in [-0.25, -0.2) is 8.42 Å². The molecule has 2 nitrogen and oxygen atoms in total. The van der Waals surface area contributed by atoms with Crippen LogP contribution in [0.3, 0.4) is 0 Å². The third-order valence-electron chi connectivity index (χ3n) is 3.12. The van der Waals surface area contributed by atoms with E-state index in [4.69, 9.17) is 11.6 Å². The highest BCUT2D eigenvalue weighted by Gasteiger charge is 2.17. The summed E-state index contributed by atoms with van der Waals surface area (Å²) in [6, 6.07) is 5.75. The van der Waals surface area contributed by atoms with Gasteiger partial charge in [0.2, 0.25) is 0 Å². The molecule has 0 bridgehead atoms. The molecule has 0 radical (unpaired) electrons. The Labute approximate surface area is 129 Å². The molecule has 1 heterocycles. The lowest BCUT2D eigenvalue weighted by molar-refractivity contribution is 0.602. The Morgan fingerprint density at radius 3 is 2.35 bits per heavy atom. The van der Waals surface area contributed by atoms with E-state index in [0.29, 0.717) is 4.90 Å². The molecular weight excluding hydrogens is 312 g/mol. The third-order valence-corrected chi connectivity index (χ3v) is 5.64. The molecule has 2 rings (SSSR count). The van der Waals surface area contributed by atoms with Gasteiger partial charge in [-0.05, 0) is 41.7 Å². The molecule has 5 heteroatoms. The number of thiophene rings is 1. The van der Waals surface area contributed by atoms with Gasteiger partial charge in [0.15, 0.2) is 9.84 Å². The average Bonchev–Trinajstić information content (AvgIpc) is 2.75. The van der Waals surface area contributed by atoms with Crippen molar-refractivity contribution in [3.8, 4) is 10.4 Å². The second kappa shape index (κ2) is 5.51. The molecule has 0 aliphatic carbocycles. The number of sulfone groups is 1. The average molecular weight is 329 g/mol. The van der Waals surface area contributed by atoms with Crippen molar-refractivity contribution >= 4 is 32.8 Å². The van der Waals surface area contributed by atoms with Crippen molar-refractivity contribution in [2.45, 2.75) is 31.6 Å². The van der Waals surface area contributed by atoms with E-state index in [0.717, 1.165) is 26.6 Å². The second-order valence-corrected chi connectivity index (χ2v) is 8.62. The Hall–Kier alpha value is -0.840. The molecule has 0 spiro atoms. The van der Waals surface area contributed by atoms with E-state index in [1.54, 1.807) is 11.4 Å². The van der Waals surface area contributed by atoms with Gasteiger partial charge >= 0.3 is 0 Å². The van der Waals surface area contributed by atoms with Gasteiger partial charge in [-0.15, -0.1) is 11.3 Å². The first-order valence-corrected chi connectivity index (χ1v) is 9.44. The van der Waals surface area contributed by atoms with Crippen LogP contribution in [-0.2, 0) is 9.84 Å². The standard InChI is InChI=1S/C15H17ClO2S2/c1-9(2)15-12(5-10(3)6-13(15)16)14-7-11(8-19-14)20(4,17)18/h5-9H,1-4H3. The van der Waals surface area contributed by atoms with Crippen molar-refractivity contribution in [2.75, 3.05) is 6.26 Å². The van der Waals surface area contributed by atoms with E-state index >= 15 is 0 Å². The zero-order chi connectivity index (χ0) is 15.1. The molecule has 0 saturated heterocycles. The molecule has 0 aliphatic rings. The van der Waals surface area contributed by atoms with Crippen LogP contribution in [0.5, 0.6) is 0 Å². The Bertz CT molecular complexity index is 743. The zero-order valence-electron chi connectivity index (χ0n) is 11.9. The molecule has 2 aromatic rings. The van der Waals surface area contributed by atoms with Crippen molar-refractivity contribution in [1.29, 1.82) is 0 Å². The minimum absolute atomic E-state index is 0.280. The Balaban J connectivity index is 2.66. The first-order chi connectivity index (χ1) is 9.20. The fraction of sp³-hybridized carbons (Fsp3) is 0.333. The quantitative estimate of drug-likeness (QED) is 0.802. The lowest BCUT2D eigenvalue weighted by Gasteiger charge is -2.15. The van der Waals surface area contributed by atoms with Gasteiger partial charge in [-0.1, -0.05) is 31.5 Å². The molecule has 0 fully saturated rings. The van der Waals surface area contributed by atoms with E-state index < -0.39 is 9.84 Å². The van der Waals surface area contributed by atoms with Gasteiger partial charge in [0.25, 0.3) is 0 Å². The highest BCUT2D eigenvalue weighted by atomic mass is 35.5. The molecule has 0 amide bonds. The van der Waals surface area contributed by atoms with Crippen LogP contribution in [0.15, 0.2) is 28.5 Å². The van der Waals surface area contributed by atoms with Crippen molar-refractivity contribution in [1.82, 2.24) is 0 Å². The van der Waals surface area contributed by atoms with Gasteiger partial charge < -0.3 is 0 Å². The van der Waals surface area contributed by atoms with Crippen molar-refractivity contribution < 1.29 is 8.42 Å². The summed E-state index contributed by atoms with van der Waals surface area (Å²) in [6.45, 7) is 6.17. The van der Waals surface area contributed by atoms with Crippen LogP contribution in [0.1, 0.15) is 30.9 Å². The van der Waals surface area contributed by atoms with E-state index in [9.17, 15) is 8.42 Å². The first kappa shape index (κ1) is 15.5. The monoisotopic (exact) mass is 328 g/mol. The van der Waals surface area contributed by atoms with E-state index in [1.807, 2.05) is 13.0 Å². The SMILES string of the molecule is Cc1cc(Cl)c(C(C)C)c(-c2cc(S(C)(=O)=O)cs2)c1. The zero-order valence-corrected chi connectivity index (χ0v) is 14.3. The van der Waals surface area contributed by atoms with Crippen LogP contribution in [0.25, 0.3) is 10.4 Å². The normalized spacial score (nSPS) is 12.1. The first-order valence-electron chi connectivity index (χ1n) is 6.29. The lowest BCUT2D eigenvalue weighted by Crippen LogP contribution is -1.95. The minimum Gasteiger partial charge on any atom is -0.224 e. The molecule has 1 aromatic carbocycles. The maximum Gasteiger partial charge on any atom is 0.176 e. The lowest BCUT2D eigenvalue weighted by atomic mass is 9.94. The summed E-state index contributed by atoms with van der Waals surface area (Å²) in [6.07, 6.45) is 1.23. The summed E-state index contributed by atoms with van der Waals surface area (Å²) in [4.78, 5) is 1.31. The molecule has 0 aliphatic heterocycles. The maximum absolute atomic E-state index is 11.6. The maximum atomic E-state index is 11.6. The number of hydrogen-bond acceptors (Lipinski definition) is 3. The number of benzene rings is 1. The summed E-state index contributed by atoms with van der Waals surface area (Å²) < 4.78 is 23.2. The number of hydrogen-bond donors (Lipinski definition) is 0. The Morgan fingerprint density at radius 1 is 1.20 bits per heavy atom. The second-order valence-electron chi connectivity index (χ2n) is 5.28. The highest BCUT2D eigenvalue weighted by Crippen LogP contribution is 2.39. The Morgan fingerprint density at radius 2 is 1.85 bits per heavy atom. The molecule has 0 atom stereocenters. The van der Waals surface area contributed by atoms with Gasteiger partial charge in [-0.2, -0.15) is 0 Å². The summed E-state index contributed by atoms with van der Waals surface area (Å²) in [5.74, 6) is 0.280. The van der Waals surface area contributed by atoms with Crippen LogP contribution in [0, 0.1) is 6.92 Å². The molecule has 20 heavy (non-hydrogen) atoms. The Kier molecular flexibility index (Phi) is 4.28. The van der Waals surface area contributed by atoms with Gasteiger partial charge in [0, 0.05) is 21.5 Å². The van der Waals surface area contributed by atoms with Crippen LogP contribution >= 0.6 is 22.9 Å². The van der Waals surface area contributed by atoms with Crippen LogP contribution in [-0.4, -0.2) is 14.7 Å². The topological polar surface area (TPSA) is 34.1 Å². The summed E-state index contributed by atoms with van der Waals surface area (Å²) in [7, 11) is -3.17. The fourth-order valence-corrected chi connectivity index (χ4v) is 4.74. The molecule has 0 unspecified atom stereocenters. The minimum atomic E-state index is -3.17. The molecule has 0 N–H and O–H groups in total. The van der Waals surface area contributed by atoms with Crippen molar-refractivity contribution in [2.24, 2.45) is 0 Å². The van der Waals surface area contributed by atoms with Crippen LogP contribution in [0.2, 0.25) is 5.02 Å². The molecule has 108 valence electrons. The van der Waals surface area contributed by atoms with Crippen molar-refractivity contribution in [3.63, 3.8) is 0 Å². The summed E-state index contributed by atoms with van der Waals surface area (Å²) in [5, 5.41) is 2.43. The number of aryl methyl sites for hydroxylation is 1. The summed E-state index contributed by atoms with van der Waals surface area (Å²) in [5.41, 5.74) is 3.17. The smallest absolute Gasteiger partial charge is 0.176 e. The highest BCUT2D eigenvalue weighted by molar-refractivity contribution is 7.90. The van der Waals surface area contributed by atoms with Gasteiger partial charge in [0.1, 0.15) is 0 Å². The largest absolute Gasteiger partial charge is 0.224 e. The summed E-state index contributed by atoms with van der Waals surface area (Å²) >= 11 is 7.80. The molecular formula is C15H17ClO2S2. The van der Waals surface area contributed by atoms with E-state index in [2.05, 4.69) is 19.9 Å². The third kappa shape index (κ3) is 3.08.